The van der Waals surface area contributed by atoms with Crippen molar-refractivity contribution in [1.82, 2.24) is 20.0 Å². The second kappa shape index (κ2) is 6.30. The Labute approximate surface area is 126 Å². The van der Waals surface area contributed by atoms with Crippen LogP contribution in [-0.2, 0) is 4.79 Å². The Hall–Kier alpha value is -1.83. The molecule has 2 aromatic heterocycles. The van der Waals surface area contributed by atoms with Gasteiger partial charge in [0.15, 0.2) is 0 Å². The molecule has 21 heavy (non-hydrogen) atoms. The van der Waals surface area contributed by atoms with Crippen LogP contribution in [-0.4, -0.2) is 36.8 Å². The zero-order chi connectivity index (χ0) is 15.6. The van der Waals surface area contributed by atoms with Gasteiger partial charge in [-0.3, -0.25) is 9.48 Å². The average Bonchev–Trinajstić information content (AvgIpc) is 2.94. The molecule has 0 saturated carbocycles. The predicted octanol–water partition coefficient (Wildman–Crippen LogP) is 2.70. The maximum atomic E-state index is 10.5. The molecule has 7 nitrogen and oxygen atoms in total. The minimum atomic E-state index is -0.841. The smallest absolute Gasteiger partial charge is 0.304 e. The molecule has 0 bridgehead atoms. The molecule has 0 aliphatic carbocycles. The summed E-state index contributed by atoms with van der Waals surface area (Å²) in [4.78, 5) is 10.5. The lowest BCUT2D eigenvalue weighted by Crippen LogP contribution is -2.04. The van der Waals surface area contributed by atoms with Crippen LogP contribution in [0.3, 0.4) is 0 Å². The highest BCUT2D eigenvalue weighted by molar-refractivity contribution is 7.99. The molecule has 0 atom stereocenters. The molecule has 1 N–H and O–H groups in total. The number of rotatable bonds is 6. The van der Waals surface area contributed by atoms with E-state index in [0.717, 1.165) is 17.0 Å². The van der Waals surface area contributed by atoms with E-state index in [4.69, 9.17) is 9.52 Å². The zero-order valence-electron chi connectivity index (χ0n) is 12.5. The summed E-state index contributed by atoms with van der Waals surface area (Å²) >= 11 is 1.24. The standard InChI is InChI=1S/C13H18N4O3S/c1-7(2)17-9(4)11(8(3)16-17)12-14-15-13(20-12)21-6-5-10(18)19/h7H,5-6H2,1-4H3,(H,18,19). The molecule has 2 rings (SSSR count). The van der Waals surface area contributed by atoms with Crippen LogP contribution >= 0.6 is 11.8 Å². The first-order chi connectivity index (χ1) is 9.90. The van der Waals surface area contributed by atoms with Crippen LogP contribution < -0.4 is 0 Å². The molecule has 0 amide bonds. The second-order valence-corrected chi connectivity index (χ2v) is 6.00. The largest absolute Gasteiger partial charge is 0.481 e. The van der Waals surface area contributed by atoms with Crippen LogP contribution in [0.4, 0.5) is 0 Å². The summed E-state index contributed by atoms with van der Waals surface area (Å²) in [6.07, 6.45) is 0.0612. The molecule has 0 saturated heterocycles. The van der Waals surface area contributed by atoms with Crippen molar-refractivity contribution in [3.63, 3.8) is 0 Å². The lowest BCUT2D eigenvalue weighted by Gasteiger charge is -2.07. The van der Waals surface area contributed by atoms with Gasteiger partial charge in [0.05, 0.1) is 17.7 Å². The number of aryl methyl sites for hydroxylation is 1. The van der Waals surface area contributed by atoms with Crippen LogP contribution in [0.15, 0.2) is 9.64 Å². The highest BCUT2D eigenvalue weighted by atomic mass is 32.2. The van der Waals surface area contributed by atoms with Crippen molar-refractivity contribution in [1.29, 1.82) is 0 Å². The normalized spacial score (nSPS) is 11.3. The fourth-order valence-corrected chi connectivity index (χ4v) is 2.76. The van der Waals surface area contributed by atoms with Gasteiger partial charge >= 0.3 is 5.97 Å². The maximum Gasteiger partial charge on any atom is 0.304 e. The van der Waals surface area contributed by atoms with Crippen molar-refractivity contribution in [3.8, 4) is 11.5 Å². The fraction of sp³-hybridized carbons (Fsp3) is 0.538. The molecule has 0 aliphatic rings. The molecule has 2 aromatic rings. The summed E-state index contributed by atoms with van der Waals surface area (Å²) < 4.78 is 7.52. The van der Waals surface area contributed by atoms with Crippen LogP contribution in [0.5, 0.6) is 0 Å². The minimum absolute atomic E-state index is 0.0612. The highest BCUT2D eigenvalue weighted by Gasteiger charge is 2.20. The van der Waals surface area contributed by atoms with Crippen molar-refractivity contribution < 1.29 is 14.3 Å². The van der Waals surface area contributed by atoms with Gasteiger partial charge in [-0.2, -0.15) is 5.10 Å². The number of aliphatic carboxylic acids is 1. The third kappa shape index (κ3) is 3.44. The highest BCUT2D eigenvalue weighted by Crippen LogP contribution is 2.29. The number of aromatic nitrogens is 4. The number of carboxylic acids is 1. The Balaban J connectivity index is 2.20. The van der Waals surface area contributed by atoms with E-state index < -0.39 is 5.97 Å². The number of thioether (sulfide) groups is 1. The van der Waals surface area contributed by atoms with E-state index >= 15 is 0 Å². The van der Waals surface area contributed by atoms with E-state index in [9.17, 15) is 4.79 Å². The molecule has 0 aliphatic heterocycles. The van der Waals surface area contributed by atoms with Gasteiger partial charge in [0.2, 0.25) is 0 Å². The van der Waals surface area contributed by atoms with Gasteiger partial charge in [-0.05, 0) is 27.7 Å². The van der Waals surface area contributed by atoms with Gasteiger partial charge in [-0.15, -0.1) is 10.2 Å². The van der Waals surface area contributed by atoms with Gasteiger partial charge in [0.1, 0.15) is 0 Å². The van der Waals surface area contributed by atoms with Crippen LogP contribution in [0, 0.1) is 13.8 Å². The molecular weight excluding hydrogens is 292 g/mol. The topological polar surface area (TPSA) is 94.0 Å². The Morgan fingerprint density at radius 1 is 1.38 bits per heavy atom. The first-order valence-electron chi connectivity index (χ1n) is 6.64. The van der Waals surface area contributed by atoms with Gasteiger partial charge in [0, 0.05) is 17.5 Å². The van der Waals surface area contributed by atoms with Crippen LogP contribution in [0.25, 0.3) is 11.5 Å². The second-order valence-electron chi connectivity index (χ2n) is 4.95. The first-order valence-corrected chi connectivity index (χ1v) is 7.63. The van der Waals surface area contributed by atoms with E-state index in [1.165, 1.54) is 11.8 Å². The first kappa shape index (κ1) is 15.6. The van der Waals surface area contributed by atoms with Crippen LogP contribution in [0.1, 0.15) is 37.7 Å². The van der Waals surface area contributed by atoms with Crippen LogP contribution in [0.2, 0.25) is 0 Å². The molecule has 0 radical (unpaired) electrons. The van der Waals surface area contributed by atoms with Crippen molar-refractivity contribution >= 4 is 17.7 Å². The van der Waals surface area contributed by atoms with E-state index in [2.05, 4.69) is 29.1 Å². The number of carboxylic acid groups (broad SMARTS) is 1. The summed E-state index contributed by atoms with van der Waals surface area (Å²) in [5, 5.41) is 21.5. The summed E-state index contributed by atoms with van der Waals surface area (Å²) in [7, 11) is 0. The molecular formula is C13H18N4O3S. The lowest BCUT2D eigenvalue weighted by molar-refractivity contribution is -0.136. The van der Waals surface area contributed by atoms with Crippen molar-refractivity contribution in [3.05, 3.63) is 11.4 Å². The summed E-state index contributed by atoms with van der Waals surface area (Å²) in [6.45, 7) is 7.99. The number of hydrogen-bond donors (Lipinski definition) is 1. The lowest BCUT2D eigenvalue weighted by atomic mass is 10.2. The SMILES string of the molecule is Cc1nn(C(C)C)c(C)c1-c1nnc(SCCC(=O)O)o1. The molecule has 0 spiro atoms. The summed E-state index contributed by atoms with van der Waals surface area (Å²) in [5.41, 5.74) is 2.67. The Bertz CT molecular complexity index is 648. The minimum Gasteiger partial charge on any atom is -0.481 e. The monoisotopic (exact) mass is 310 g/mol. The summed E-state index contributed by atoms with van der Waals surface area (Å²) in [5.74, 6) is -0.0120. The predicted molar refractivity (Wildman–Crippen MR) is 78.4 cm³/mol. The number of carbonyl (C=O) groups is 1. The Kier molecular flexibility index (Phi) is 4.66. The quantitative estimate of drug-likeness (QED) is 0.820. The maximum absolute atomic E-state index is 10.5. The zero-order valence-corrected chi connectivity index (χ0v) is 13.3. The van der Waals surface area contributed by atoms with Crippen molar-refractivity contribution in [2.45, 2.75) is 45.4 Å². The van der Waals surface area contributed by atoms with Gasteiger partial charge in [0.25, 0.3) is 11.1 Å². The Morgan fingerprint density at radius 3 is 2.67 bits per heavy atom. The Morgan fingerprint density at radius 2 is 2.10 bits per heavy atom. The van der Waals surface area contributed by atoms with Gasteiger partial charge < -0.3 is 9.52 Å². The number of hydrogen-bond acceptors (Lipinski definition) is 6. The molecule has 0 aromatic carbocycles. The van der Waals surface area contributed by atoms with E-state index in [-0.39, 0.29) is 12.5 Å². The van der Waals surface area contributed by atoms with Crippen molar-refractivity contribution in [2.75, 3.05) is 5.75 Å². The molecule has 0 fully saturated rings. The third-order valence-corrected chi connectivity index (χ3v) is 3.80. The number of nitrogens with zero attached hydrogens (tertiary/aromatic N) is 4. The molecule has 8 heteroatoms. The summed E-state index contributed by atoms with van der Waals surface area (Å²) in [6, 6.07) is 0.254. The third-order valence-electron chi connectivity index (χ3n) is 2.98. The van der Waals surface area contributed by atoms with Gasteiger partial charge in [-0.25, -0.2) is 0 Å². The molecule has 114 valence electrons. The fourth-order valence-electron chi connectivity index (χ4n) is 2.07. The van der Waals surface area contributed by atoms with Gasteiger partial charge in [-0.1, -0.05) is 11.8 Å². The molecule has 0 unspecified atom stereocenters. The van der Waals surface area contributed by atoms with E-state index in [0.29, 0.717) is 16.9 Å². The average molecular weight is 310 g/mol. The molecule has 2 heterocycles. The van der Waals surface area contributed by atoms with Crippen molar-refractivity contribution in [2.24, 2.45) is 0 Å². The van der Waals surface area contributed by atoms with E-state index in [1.54, 1.807) is 0 Å². The van der Waals surface area contributed by atoms with E-state index in [1.807, 2.05) is 18.5 Å².